The fourth-order valence-corrected chi connectivity index (χ4v) is 4.13. The summed E-state index contributed by atoms with van der Waals surface area (Å²) >= 11 is 0. The molecule has 1 N–H and O–H groups in total. The van der Waals surface area contributed by atoms with Crippen LogP contribution in [0.2, 0.25) is 0 Å². The monoisotopic (exact) mass is 482 g/mol. The van der Waals surface area contributed by atoms with Gasteiger partial charge in [-0.25, -0.2) is 18.2 Å². The van der Waals surface area contributed by atoms with Gasteiger partial charge < -0.3 is 9.84 Å². The lowest BCUT2D eigenvalue weighted by Crippen LogP contribution is -2.30. The SMILES string of the molecule is Cc1cc(C(C)(CO)CC(=O)c2c(C)nc3c(OCc4c(F)cccc4F)cccn23)ccc1F. The summed E-state index contributed by atoms with van der Waals surface area (Å²) in [5, 5.41) is 10.1. The van der Waals surface area contributed by atoms with Gasteiger partial charge >= 0.3 is 0 Å². The van der Waals surface area contributed by atoms with E-state index >= 15 is 0 Å². The first-order valence-electron chi connectivity index (χ1n) is 11.1. The Labute approximate surface area is 200 Å². The van der Waals surface area contributed by atoms with E-state index in [0.717, 1.165) is 12.1 Å². The van der Waals surface area contributed by atoms with Gasteiger partial charge in [-0.05, 0) is 55.3 Å². The van der Waals surface area contributed by atoms with Crippen LogP contribution in [0, 0.1) is 31.3 Å². The number of halogens is 3. The van der Waals surface area contributed by atoms with Crippen molar-refractivity contribution in [1.82, 2.24) is 9.38 Å². The van der Waals surface area contributed by atoms with Crippen LogP contribution in [0.4, 0.5) is 13.2 Å². The van der Waals surface area contributed by atoms with E-state index in [-0.39, 0.29) is 42.5 Å². The number of ketones is 1. The molecule has 8 heteroatoms. The Morgan fingerprint density at radius 3 is 2.43 bits per heavy atom. The Kier molecular flexibility index (Phi) is 6.67. The fraction of sp³-hybridized carbons (Fsp3) is 0.259. The Hall–Kier alpha value is -3.65. The Morgan fingerprint density at radius 1 is 1.06 bits per heavy atom. The molecule has 182 valence electrons. The first-order valence-corrected chi connectivity index (χ1v) is 11.1. The highest BCUT2D eigenvalue weighted by Gasteiger charge is 2.32. The zero-order valence-corrected chi connectivity index (χ0v) is 19.6. The van der Waals surface area contributed by atoms with Crippen LogP contribution >= 0.6 is 0 Å². The molecule has 1 unspecified atom stereocenters. The number of carbonyl (C=O) groups excluding carboxylic acids is 1. The van der Waals surface area contributed by atoms with Gasteiger partial charge in [-0.2, -0.15) is 0 Å². The molecule has 0 aliphatic rings. The highest BCUT2D eigenvalue weighted by Crippen LogP contribution is 2.32. The highest BCUT2D eigenvalue weighted by molar-refractivity contribution is 5.97. The van der Waals surface area contributed by atoms with Crippen LogP contribution in [-0.2, 0) is 12.0 Å². The van der Waals surface area contributed by atoms with Gasteiger partial charge in [0.2, 0.25) is 0 Å². The summed E-state index contributed by atoms with van der Waals surface area (Å²) in [6.45, 7) is 4.39. The molecule has 2 aromatic heterocycles. The Balaban J connectivity index is 1.65. The van der Waals surface area contributed by atoms with Gasteiger partial charge in [-0.1, -0.05) is 25.1 Å². The molecule has 4 aromatic rings. The van der Waals surface area contributed by atoms with Crippen LogP contribution in [0.1, 0.15) is 46.2 Å². The summed E-state index contributed by atoms with van der Waals surface area (Å²) in [5.41, 5.74) is 1.00. The van der Waals surface area contributed by atoms with Crippen molar-refractivity contribution in [1.29, 1.82) is 0 Å². The maximum Gasteiger partial charge on any atom is 0.182 e. The molecule has 0 aliphatic heterocycles. The van der Waals surface area contributed by atoms with Crippen LogP contribution in [0.3, 0.4) is 0 Å². The molecule has 0 spiro atoms. The standard InChI is InChI=1S/C27H25F3N2O3/c1-16-12-18(9-10-20(16)28)27(3,15-33)13-23(34)25-17(2)31-26-24(8-5-11-32(25)26)35-14-19-21(29)6-4-7-22(19)30/h4-12,33H,13-15H2,1-3H3. The Morgan fingerprint density at radius 2 is 1.77 bits per heavy atom. The average molecular weight is 483 g/mol. The first kappa shape index (κ1) is 24.5. The second-order valence-electron chi connectivity index (χ2n) is 8.88. The molecule has 0 radical (unpaired) electrons. The minimum atomic E-state index is -0.942. The summed E-state index contributed by atoms with van der Waals surface area (Å²) < 4.78 is 49.0. The third-order valence-electron chi connectivity index (χ3n) is 6.24. The largest absolute Gasteiger partial charge is 0.485 e. The maximum atomic E-state index is 14.0. The summed E-state index contributed by atoms with van der Waals surface area (Å²) in [7, 11) is 0. The van der Waals surface area contributed by atoms with Gasteiger partial charge in [0.1, 0.15) is 29.8 Å². The van der Waals surface area contributed by atoms with Gasteiger partial charge in [0.05, 0.1) is 17.9 Å². The number of aromatic nitrogens is 2. The van der Waals surface area contributed by atoms with E-state index in [1.54, 1.807) is 55.6 Å². The molecule has 35 heavy (non-hydrogen) atoms. The number of hydrogen-bond donors (Lipinski definition) is 1. The van der Waals surface area contributed by atoms with E-state index in [2.05, 4.69) is 4.98 Å². The molecule has 1 atom stereocenters. The number of nitrogens with zero attached hydrogens (tertiary/aromatic N) is 2. The fourth-order valence-electron chi connectivity index (χ4n) is 4.13. The second kappa shape index (κ2) is 9.54. The van der Waals surface area contributed by atoms with Crippen LogP contribution < -0.4 is 4.74 Å². The zero-order valence-electron chi connectivity index (χ0n) is 19.6. The molecule has 2 aromatic carbocycles. The molecule has 4 rings (SSSR count). The quantitative estimate of drug-likeness (QED) is 0.338. The topological polar surface area (TPSA) is 63.8 Å². The maximum absolute atomic E-state index is 14.0. The molecule has 0 fully saturated rings. The molecular weight excluding hydrogens is 457 g/mol. The van der Waals surface area contributed by atoms with E-state index in [9.17, 15) is 23.1 Å². The minimum Gasteiger partial charge on any atom is -0.485 e. The number of carbonyl (C=O) groups is 1. The number of aliphatic hydroxyl groups excluding tert-OH is 1. The first-order chi connectivity index (χ1) is 16.6. The summed E-state index contributed by atoms with van der Waals surface area (Å²) in [6, 6.07) is 11.4. The smallest absolute Gasteiger partial charge is 0.182 e. The summed E-state index contributed by atoms with van der Waals surface area (Å²) in [6.07, 6.45) is 1.60. The second-order valence-corrected chi connectivity index (χ2v) is 8.88. The van der Waals surface area contributed by atoms with Crippen molar-refractivity contribution >= 4 is 11.4 Å². The number of rotatable bonds is 8. The normalized spacial score (nSPS) is 13.1. The molecule has 0 saturated carbocycles. The molecule has 0 amide bonds. The summed E-state index contributed by atoms with van der Waals surface area (Å²) in [4.78, 5) is 17.9. The van der Waals surface area contributed by atoms with Gasteiger partial charge in [0, 0.05) is 18.0 Å². The van der Waals surface area contributed by atoms with E-state index < -0.39 is 17.0 Å². The lowest BCUT2D eigenvalue weighted by atomic mass is 9.78. The van der Waals surface area contributed by atoms with E-state index in [4.69, 9.17) is 4.74 Å². The van der Waals surface area contributed by atoms with E-state index in [1.807, 2.05) is 0 Å². The summed E-state index contributed by atoms with van der Waals surface area (Å²) in [5.74, 6) is -1.80. The lowest BCUT2D eigenvalue weighted by molar-refractivity contribution is 0.0912. The third-order valence-corrected chi connectivity index (χ3v) is 6.24. The number of pyridine rings is 1. The number of aryl methyl sites for hydroxylation is 2. The zero-order chi connectivity index (χ0) is 25.3. The van der Waals surface area contributed by atoms with Crippen molar-refractivity contribution in [3.8, 4) is 5.75 Å². The molecule has 0 saturated heterocycles. The number of aliphatic hydroxyl groups is 1. The molecular formula is C27H25F3N2O3. The van der Waals surface area contributed by atoms with Crippen molar-refractivity contribution in [3.05, 3.63) is 100 Å². The highest BCUT2D eigenvalue weighted by atomic mass is 19.1. The Bertz CT molecular complexity index is 1400. The van der Waals surface area contributed by atoms with E-state index in [0.29, 0.717) is 28.2 Å². The predicted octanol–water partition coefficient (Wildman–Crippen LogP) is 5.47. The third kappa shape index (κ3) is 4.66. The number of imidazole rings is 1. The van der Waals surface area contributed by atoms with Crippen molar-refractivity contribution in [3.63, 3.8) is 0 Å². The number of Topliss-reactive ketones (excluding diaryl/α,β-unsaturated/α-hetero) is 1. The van der Waals surface area contributed by atoms with Crippen molar-refractivity contribution in [2.75, 3.05) is 6.61 Å². The van der Waals surface area contributed by atoms with Gasteiger partial charge in [-0.15, -0.1) is 0 Å². The molecule has 0 bridgehead atoms. The van der Waals surface area contributed by atoms with Crippen LogP contribution in [0.15, 0.2) is 54.7 Å². The molecule has 0 aliphatic carbocycles. The number of hydrogen-bond acceptors (Lipinski definition) is 4. The van der Waals surface area contributed by atoms with Crippen molar-refractivity contribution in [2.45, 2.75) is 39.2 Å². The van der Waals surface area contributed by atoms with Crippen LogP contribution in [0.25, 0.3) is 5.65 Å². The van der Waals surface area contributed by atoms with Gasteiger partial charge in [0.25, 0.3) is 0 Å². The lowest BCUT2D eigenvalue weighted by Gasteiger charge is -2.27. The molecule has 5 nitrogen and oxygen atoms in total. The minimum absolute atomic E-state index is 0.0469. The average Bonchev–Trinajstić information content (AvgIpc) is 3.17. The predicted molar refractivity (Wildman–Crippen MR) is 125 cm³/mol. The van der Waals surface area contributed by atoms with Gasteiger partial charge in [-0.3, -0.25) is 9.20 Å². The van der Waals surface area contributed by atoms with Crippen LogP contribution in [0.5, 0.6) is 5.75 Å². The van der Waals surface area contributed by atoms with Crippen LogP contribution in [-0.4, -0.2) is 26.9 Å². The van der Waals surface area contributed by atoms with Crippen molar-refractivity contribution in [2.24, 2.45) is 0 Å². The van der Waals surface area contributed by atoms with E-state index in [1.165, 1.54) is 12.1 Å². The number of benzene rings is 2. The molecule has 2 heterocycles. The van der Waals surface area contributed by atoms with Gasteiger partial charge in [0.15, 0.2) is 17.2 Å². The van der Waals surface area contributed by atoms with Crippen molar-refractivity contribution < 1.29 is 27.8 Å². The number of ether oxygens (including phenoxy) is 1. The number of fused-ring (bicyclic) bond motifs is 1.